The summed E-state index contributed by atoms with van der Waals surface area (Å²) >= 11 is 0. The zero-order valence-corrected chi connectivity index (χ0v) is 11.9. The Kier molecular flexibility index (Phi) is 3.11. The third kappa shape index (κ3) is 2.17. The first-order valence-corrected chi connectivity index (χ1v) is 7.01. The average molecular weight is 311 g/mol. The van der Waals surface area contributed by atoms with Crippen LogP contribution in [0.1, 0.15) is 12.0 Å². The smallest absolute Gasteiger partial charge is 0.182 e. The van der Waals surface area contributed by atoms with E-state index in [4.69, 9.17) is 0 Å². The molecule has 0 saturated carbocycles. The summed E-state index contributed by atoms with van der Waals surface area (Å²) in [5.74, 6) is -0.750. The first kappa shape index (κ1) is 13.6. The fraction of sp³-hybridized carbons (Fsp3) is 0.0625. The van der Waals surface area contributed by atoms with Crippen LogP contribution in [-0.2, 0) is 0 Å². The number of hydrogen-bond donors (Lipinski definition) is 1. The van der Waals surface area contributed by atoms with Gasteiger partial charge in [-0.15, -0.1) is 10.2 Å². The predicted octanol–water partition coefficient (Wildman–Crippen LogP) is 3.66. The molecule has 0 radical (unpaired) electrons. The van der Waals surface area contributed by atoms with Gasteiger partial charge in [0, 0.05) is 30.0 Å². The van der Waals surface area contributed by atoms with Gasteiger partial charge < -0.3 is 4.98 Å². The Labute approximate surface area is 130 Å². The van der Waals surface area contributed by atoms with Crippen LogP contribution in [0.2, 0.25) is 0 Å². The van der Waals surface area contributed by atoms with Gasteiger partial charge in [-0.2, -0.15) is 0 Å². The Balaban J connectivity index is 1.91. The summed E-state index contributed by atoms with van der Waals surface area (Å²) in [7, 11) is 0. The van der Waals surface area contributed by atoms with Crippen molar-refractivity contribution in [2.45, 2.75) is 6.42 Å². The summed E-state index contributed by atoms with van der Waals surface area (Å²) in [4.78, 5) is 7.38. The highest BCUT2D eigenvalue weighted by molar-refractivity contribution is 5.83. The van der Waals surface area contributed by atoms with Gasteiger partial charge in [-0.3, -0.25) is 4.57 Å². The van der Waals surface area contributed by atoms with Crippen molar-refractivity contribution in [2.75, 3.05) is 0 Å². The zero-order valence-electron chi connectivity index (χ0n) is 11.9. The molecule has 2 aromatic heterocycles. The fourth-order valence-electron chi connectivity index (χ4n) is 2.55. The monoisotopic (exact) mass is 311 g/mol. The summed E-state index contributed by atoms with van der Waals surface area (Å²) < 4.78 is 29.0. The molecule has 0 spiro atoms. The summed E-state index contributed by atoms with van der Waals surface area (Å²) in [6.45, 7) is 0. The van der Waals surface area contributed by atoms with E-state index >= 15 is 0 Å². The highest BCUT2D eigenvalue weighted by Crippen LogP contribution is 2.33. The van der Waals surface area contributed by atoms with Gasteiger partial charge in [-0.05, 0) is 12.1 Å². The molecule has 1 aromatic carbocycles. The van der Waals surface area contributed by atoms with Crippen LogP contribution in [0.4, 0.5) is 14.6 Å². The standard InChI is InChI=1S/C16H11F2N5/c17-12-5-3-6-13(14(12)18)23-9-21-22-16(23)11-8-20-15-10(11)4-1-2-7-19-15/h1,3-9,20H,2H2. The molecule has 4 rings (SSSR count). The van der Waals surface area contributed by atoms with E-state index in [0.29, 0.717) is 11.6 Å². The van der Waals surface area contributed by atoms with Gasteiger partial charge in [0.25, 0.3) is 0 Å². The van der Waals surface area contributed by atoms with Gasteiger partial charge in [-0.25, -0.2) is 13.8 Å². The van der Waals surface area contributed by atoms with Crippen molar-refractivity contribution in [1.29, 1.82) is 0 Å². The van der Waals surface area contributed by atoms with E-state index in [2.05, 4.69) is 20.2 Å². The minimum absolute atomic E-state index is 0.0565. The molecule has 7 heteroatoms. The minimum Gasteiger partial charge on any atom is -0.345 e. The van der Waals surface area contributed by atoms with Gasteiger partial charge in [0.05, 0.1) is 5.69 Å². The topological polar surface area (TPSA) is 58.9 Å². The minimum atomic E-state index is -0.941. The quantitative estimate of drug-likeness (QED) is 0.785. The van der Waals surface area contributed by atoms with Crippen LogP contribution >= 0.6 is 0 Å². The van der Waals surface area contributed by atoms with Crippen LogP contribution in [0.25, 0.3) is 23.2 Å². The van der Waals surface area contributed by atoms with Crippen LogP contribution in [0.3, 0.4) is 0 Å². The molecule has 0 fully saturated rings. The van der Waals surface area contributed by atoms with Crippen LogP contribution in [0, 0.1) is 11.6 Å². The number of aromatic amines is 1. The molecule has 114 valence electrons. The fourth-order valence-corrected chi connectivity index (χ4v) is 2.55. The molecule has 0 atom stereocenters. The van der Waals surface area contributed by atoms with E-state index in [0.717, 1.165) is 23.6 Å². The van der Waals surface area contributed by atoms with Gasteiger partial charge in [0.2, 0.25) is 0 Å². The van der Waals surface area contributed by atoms with Crippen molar-refractivity contribution in [3.05, 3.63) is 54.0 Å². The van der Waals surface area contributed by atoms with Crippen LogP contribution in [0.5, 0.6) is 0 Å². The lowest BCUT2D eigenvalue weighted by atomic mass is 10.1. The molecule has 3 heterocycles. The molecular formula is C16H11F2N5. The number of benzene rings is 1. The molecule has 0 bridgehead atoms. The molecule has 1 aliphatic rings. The number of nitrogens with zero attached hydrogens (tertiary/aromatic N) is 4. The van der Waals surface area contributed by atoms with Crippen molar-refractivity contribution in [3.63, 3.8) is 0 Å². The van der Waals surface area contributed by atoms with Crippen molar-refractivity contribution < 1.29 is 8.78 Å². The molecule has 23 heavy (non-hydrogen) atoms. The molecule has 1 N–H and O–H groups in total. The second-order valence-corrected chi connectivity index (χ2v) is 5.01. The van der Waals surface area contributed by atoms with E-state index in [-0.39, 0.29) is 5.69 Å². The lowest BCUT2D eigenvalue weighted by Gasteiger charge is -2.08. The van der Waals surface area contributed by atoms with Crippen LogP contribution in [0.15, 0.2) is 41.8 Å². The number of allylic oxidation sites excluding steroid dienone is 1. The van der Waals surface area contributed by atoms with Crippen molar-refractivity contribution in [3.8, 4) is 17.1 Å². The van der Waals surface area contributed by atoms with Gasteiger partial charge in [-0.1, -0.05) is 18.2 Å². The van der Waals surface area contributed by atoms with Crippen LogP contribution in [-0.4, -0.2) is 26.0 Å². The zero-order chi connectivity index (χ0) is 15.8. The Hall–Kier alpha value is -3.09. The number of rotatable bonds is 2. The second kappa shape index (κ2) is 5.28. The number of aromatic nitrogens is 4. The number of hydrogen-bond acceptors (Lipinski definition) is 3. The van der Waals surface area contributed by atoms with Crippen molar-refractivity contribution in [1.82, 2.24) is 19.7 Å². The molecule has 0 aliphatic carbocycles. The first-order valence-electron chi connectivity index (χ1n) is 7.01. The molecule has 0 amide bonds. The third-order valence-electron chi connectivity index (χ3n) is 3.62. The summed E-state index contributed by atoms with van der Waals surface area (Å²) in [6, 6.07) is 3.99. The summed E-state index contributed by atoms with van der Waals surface area (Å²) in [5.41, 5.74) is 1.61. The maximum absolute atomic E-state index is 14.1. The Morgan fingerprint density at radius 1 is 1.22 bits per heavy atom. The van der Waals surface area contributed by atoms with E-state index in [1.807, 2.05) is 12.2 Å². The molecule has 0 unspecified atom stereocenters. The third-order valence-corrected chi connectivity index (χ3v) is 3.62. The van der Waals surface area contributed by atoms with Gasteiger partial charge >= 0.3 is 0 Å². The molecule has 3 aromatic rings. The molecule has 5 nitrogen and oxygen atoms in total. The normalized spacial score (nSPS) is 13.1. The predicted molar refractivity (Wildman–Crippen MR) is 82.9 cm³/mol. The van der Waals surface area contributed by atoms with Gasteiger partial charge in [0.1, 0.15) is 12.1 Å². The second-order valence-electron chi connectivity index (χ2n) is 5.01. The summed E-state index contributed by atoms with van der Waals surface area (Å²) in [5, 5.41) is 7.91. The molecular weight excluding hydrogens is 300 g/mol. The highest BCUT2D eigenvalue weighted by Gasteiger charge is 2.19. The molecule has 0 saturated heterocycles. The van der Waals surface area contributed by atoms with E-state index in [1.54, 1.807) is 12.4 Å². The Morgan fingerprint density at radius 2 is 2.13 bits per heavy atom. The summed E-state index contributed by atoms with van der Waals surface area (Å²) in [6.07, 6.45) is 9.50. The highest BCUT2D eigenvalue weighted by atomic mass is 19.2. The lowest BCUT2D eigenvalue weighted by molar-refractivity contribution is 0.504. The average Bonchev–Trinajstić information content (AvgIpc) is 3.11. The van der Waals surface area contributed by atoms with Crippen molar-refractivity contribution >= 4 is 18.1 Å². The van der Waals surface area contributed by atoms with E-state index < -0.39 is 11.6 Å². The van der Waals surface area contributed by atoms with Crippen molar-refractivity contribution in [2.24, 2.45) is 4.99 Å². The Bertz CT molecular complexity index is 936. The van der Waals surface area contributed by atoms with Crippen LogP contribution < -0.4 is 0 Å². The largest absolute Gasteiger partial charge is 0.345 e. The number of H-pyrrole nitrogens is 1. The maximum Gasteiger partial charge on any atom is 0.182 e. The molecule has 1 aliphatic heterocycles. The SMILES string of the molecule is Fc1cccc(-n2cnnc2-c2c[nH]c3c2C=CCC=N3)c1F. The van der Waals surface area contributed by atoms with E-state index in [9.17, 15) is 8.78 Å². The lowest BCUT2D eigenvalue weighted by Crippen LogP contribution is -2.01. The number of halogens is 2. The Morgan fingerprint density at radius 3 is 3.04 bits per heavy atom. The first-order chi connectivity index (χ1) is 11.3. The van der Waals surface area contributed by atoms with Gasteiger partial charge in [0.15, 0.2) is 17.5 Å². The number of nitrogens with one attached hydrogen (secondary N) is 1. The van der Waals surface area contributed by atoms with E-state index in [1.165, 1.54) is 23.0 Å². The number of fused-ring (bicyclic) bond motifs is 1. The number of aliphatic imine (C=N–C) groups is 1. The maximum atomic E-state index is 14.1.